The van der Waals surface area contributed by atoms with Crippen molar-refractivity contribution in [3.05, 3.63) is 0 Å². The van der Waals surface area contributed by atoms with E-state index in [0.29, 0.717) is 13.0 Å². The Labute approximate surface area is 66.5 Å². The van der Waals surface area contributed by atoms with Gasteiger partial charge >= 0.3 is 0 Å². The Morgan fingerprint density at radius 2 is 2.27 bits per heavy atom. The summed E-state index contributed by atoms with van der Waals surface area (Å²) in [7, 11) is -3.15. The van der Waals surface area contributed by atoms with Crippen molar-refractivity contribution in [1.82, 2.24) is 4.31 Å². The summed E-state index contributed by atoms with van der Waals surface area (Å²) >= 11 is 0. The van der Waals surface area contributed by atoms with Crippen LogP contribution < -0.4 is 0 Å². The second-order valence-corrected chi connectivity index (χ2v) is 4.60. The SMILES string of the molecule is CS(=O)(=O)N1CCC[C@H]1C#N. The molecule has 0 aromatic rings. The Kier molecular flexibility index (Phi) is 2.16. The van der Waals surface area contributed by atoms with Crippen LogP contribution >= 0.6 is 0 Å². The highest BCUT2D eigenvalue weighted by atomic mass is 32.2. The fourth-order valence-corrected chi connectivity index (χ4v) is 2.34. The monoisotopic (exact) mass is 174 g/mol. The van der Waals surface area contributed by atoms with Crippen molar-refractivity contribution in [3.8, 4) is 6.07 Å². The number of rotatable bonds is 1. The zero-order chi connectivity index (χ0) is 8.48. The van der Waals surface area contributed by atoms with Crippen molar-refractivity contribution in [2.75, 3.05) is 12.8 Å². The normalized spacial score (nSPS) is 26.7. The van der Waals surface area contributed by atoms with E-state index in [1.54, 1.807) is 0 Å². The fraction of sp³-hybridized carbons (Fsp3) is 0.833. The Hall–Kier alpha value is -0.600. The van der Waals surface area contributed by atoms with Crippen molar-refractivity contribution in [1.29, 1.82) is 5.26 Å². The van der Waals surface area contributed by atoms with Crippen LogP contribution in [0.15, 0.2) is 0 Å². The third-order valence-electron chi connectivity index (χ3n) is 1.78. The molecule has 0 aliphatic carbocycles. The molecule has 0 aromatic carbocycles. The minimum atomic E-state index is -3.15. The van der Waals surface area contributed by atoms with Gasteiger partial charge in [0.1, 0.15) is 6.04 Å². The molecule has 1 aliphatic heterocycles. The lowest BCUT2D eigenvalue weighted by molar-refractivity contribution is 0.442. The van der Waals surface area contributed by atoms with Crippen molar-refractivity contribution in [2.45, 2.75) is 18.9 Å². The molecular formula is C6H10N2O2S. The van der Waals surface area contributed by atoms with Gasteiger partial charge in [-0.3, -0.25) is 0 Å². The molecule has 0 bridgehead atoms. The first kappa shape index (κ1) is 8.50. The highest BCUT2D eigenvalue weighted by Crippen LogP contribution is 2.18. The van der Waals surface area contributed by atoms with E-state index in [0.717, 1.165) is 12.7 Å². The maximum absolute atomic E-state index is 11.0. The molecular weight excluding hydrogens is 164 g/mol. The second kappa shape index (κ2) is 2.80. The number of sulfonamides is 1. The third kappa shape index (κ3) is 1.70. The van der Waals surface area contributed by atoms with Crippen LogP contribution in [-0.4, -0.2) is 31.6 Å². The van der Waals surface area contributed by atoms with Gasteiger partial charge in [-0.15, -0.1) is 0 Å². The van der Waals surface area contributed by atoms with Crippen LogP contribution in [0.2, 0.25) is 0 Å². The highest BCUT2D eigenvalue weighted by molar-refractivity contribution is 7.88. The van der Waals surface area contributed by atoms with E-state index in [2.05, 4.69) is 0 Å². The number of hydrogen-bond acceptors (Lipinski definition) is 3. The minimum absolute atomic E-state index is 0.426. The van der Waals surface area contributed by atoms with Crippen molar-refractivity contribution < 1.29 is 8.42 Å². The summed E-state index contributed by atoms with van der Waals surface area (Å²) in [5, 5.41) is 8.54. The van der Waals surface area contributed by atoms with Gasteiger partial charge in [0.15, 0.2) is 0 Å². The zero-order valence-corrected chi connectivity index (χ0v) is 7.13. The lowest BCUT2D eigenvalue weighted by Gasteiger charge is -2.15. The lowest BCUT2D eigenvalue weighted by Crippen LogP contribution is -2.33. The van der Waals surface area contributed by atoms with Crippen LogP contribution in [0.3, 0.4) is 0 Å². The van der Waals surface area contributed by atoms with Crippen LogP contribution in [0.5, 0.6) is 0 Å². The molecule has 1 aliphatic rings. The zero-order valence-electron chi connectivity index (χ0n) is 6.32. The minimum Gasteiger partial charge on any atom is -0.212 e. The maximum Gasteiger partial charge on any atom is 0.212 e. The summed E-state index contributed by atoms with van der Waals surface area (Å²) in [5.41, 5.74) is 0. The molecule has 1 fully saturated rings. The average molecular weight is 174 g/mol. The Bertz CT molecular complexity index is 277. The standard InChI is InChI=1S/C6H10N2O2S/c1-11(9,10)8-4-2-3-6(8)5-7/h6H,2-4H2,1H3/t6-/m0/s1. The first-order chi connectivity index (χ1) is 5.05. The van der Waals surface area contributed by atoms with Gasteiger partial charge in [0.05, 0.1) is 12.3 Å². The molecule has 4 nitrogen and oxygen atoms in total. The summed E-state index contributed by atoms with van der Waals surface area (Å²) in [6.45, 7) is 0.497. The van der Waals surface area contributed by atoms with Crippen LogP contribution in [0.25, 0.3) is 0 Å². The van der Waals surface area contributed by atoms with Gasteiger partial charge in [-0.25, -0.2) is 8.42 Å². The summed E-state index contributed by atoms with van der Waals surface area (Å²) < 4.78 is 23.2. The van der Waals surface area contributed by atoms with E-state index < -0.39 is 16.1 Å². The predicted molar refractivity (Wildman–Crippen MR) is 40.2 cm³/mol. The van der Waals surface area contributed by atoms with Gasteiger partial charge in [-0.05, 0) is 12.8 Å². The van der Waals surface area contributed by atoms with E-state index >= 15 is 0 Å². The van der Waals surface area contributed by atoms with Crippen LogP contribution in [-0.2, 0) is 10.0 Å². The summed E-state index contributed by atoms with van der Waals surface area (Å²) in [4.78, 5) is 0. The van der Waals surface area contributed by atoms with Gasteiger partial charge in [0, 0.05) is 6.54 Å². The Morgan fingerprint density at radius 3 is 2.64 bits per heavy atom. The molecule has 0 aromatic heterocycles. The smallest absolute Gasteiger partial charge is 0.212 e. The molecule has 0 saturated carbocycles. The number of nitrogens with zero attached hydrogens (tertiary/aromatic N) is 2. The summed E-state index contributed by atoms with van der Waals surface area (Å²) in [6.07, 6.45) is 2.61. The van der Waals surface area contributed by atoms with Gasteiger partial charge in [0.25, 0.3) is 0 Å². The molecule has 62 valence electrons. The Morgan fingerprint density at radius 1 is 1.64 bits per heavy atom. The predicted octanol–water partition coefficient (Wildman–Crippen LogP) is -0.0660. The van der Waals surface area contributed by atoms with Crippen molar-refractivity contribution in [3.63, 3.8) is 0 Å². The van der Waals surface area contributed by atoms with Gasteiger partial charge in [-0.1, -0.05) is 0 Å². The first-order valence-corrected chi connectivity index (χ1v) is 5.27. The quantitative estimate of drug-likeness (QED) is 0.559. The molecule has 0 unspecified atom stereocenters. The van der Waals surface area contributed by atoms with Gasteiger partial charge < -0.3 is 0 Å². The topological polar surface area (TPSA) is 61.2 Å². The average Bonchev–Trinajstić information content (AvgIpc) is 2.31. The van der Waals surface area contributed by atoms with Crippen molar-refractivity contribution >= 4 is 10.0 Å². The number of hydrogen-bond donors (Lipinski definition) is 0. The lowest BCUT2D eigenvalue weighted by atomic mass is 10.2. The molecule has 0 amide bonds. The van der Waals surface area contributed by atoms with Crippen LogP contribution in [0, 0.1) is 11.3 Å². The maximum atomic E-state index is 11.0. The third-order valence-corrected chi connectivity index (χ3v) is 3.07. The largest absolute Gasteiger partial charge is 0.212 e. The van der Waals surface area contributed by atoms with Crippen molar-refractivity contribution in [2.24, 2.45) is 0 Å². The van der Waals surface area contributed by atoms with Gasteiger partial charge in [-0.2, -0.15) is 9.57 Å². The van der Waals surface area contributed by atoms with Crippen LogP contribution in [0.1, 0.15) is 12.8 Å². The van der Waals surface area contributed by atoms with Crippen LogP contribution in [0.4, 0.5) is 0 Å². The van der Waals surface area contributed by atoms with E-state index in [9.17, 15) is 8.42 Å². The molecule has 5 heteroatoms. The van der Waals surface area contributed by atoms with E-state index in [-0.39, 0.29) is 0 Å². The molecule has 0 radical (unpaired) electrons. The molecule has 1 heterocycles. The molecule has 0 N–H and O–H groups in total. The molecule has 1 saturated heterocycles. The Balaban J connectivity index is 2.83. The molecule has 1 rings (SSSR count). The van der Waals surface area contributed by atoms with E-state index in [4.69, 9.17) is 5.26 Å². The molecule has 0 spiro atoms. The first-order valence-electron chi connectivity index (χ1n) is 3.42. The highest BCUT2D eigenvalue weighted by Gasteiger charge is 2.30. The van der Waals surface area contributed by atoms with E-state index in [1.807, 2.05) is 6.07 Å². The molecule has 1 atom stereocenters. The summed E-state index contributed by atoms with van der Waals surface area (Å²) in [6, 6.07) is 1.54. The van der Waals surface area contributed by atoms with Gasteiger partial charge in [0.2, 0.25) is 10.0 Å². The number of nitriles is 1. The second-order valence-electron chi connectivity index (χ2n) is 2.66. The fourth-order valence-electron chi connectivity index (χ4n) is 1.27. The van der Waals surface area contributed by atoms with E-state index in [1.165, 1.54) is 4.31 Å². The summed E-state index contributed by atoms with van der Waals surface area (Å²) in [5.74, 6) is 0. The molecule has 11 heavy (non-hydrogen) atoms.